The molecular weight excluding hydrogens is 340 g/mol. The molecule has 5 nitrogen and oxygen atoms in total. The van der Waals surface area contributed by atoms with Crippen molar-refractivity contribution in [2.24, 2.45) is 0 Å². The molecule has 1 amide bonds. The molecule has 1 heterocycles. The summed E-state index contributed by atoms with van der Waals surface area (Å²) < 4.78 is 11.2. The lowest BCUT2D eigenvalue weighted by Gasteiger charge is -2.29. The number of nitrogens with zero attached hydrogens (tertiary/aromatic N) is 2. The molecule has 1 aromatic carbocycles. The van der Waals surface area contributed by atoms with Crippen LogP contribution in [0.15, 0.2) is 43.0 Å². The third-order valence-electron chi connectivity index (χ3n) is 4.48. The molecule has 0 fully saturated rings. The Morgan fingerprint density at radius 2 is 2.19 bits per heavy atom. The molecule has 0 atom stereocenters. The summed E-state index contributed by atoms with van der Waals surface area (Å²) in [5, 5.41) is 0. The smallest absolute Gasteiger partial charge is 0.414 e. The minimum absolute atomic E-state index is 0.246. The van der Waals surface area contributed by atoms with Gasteiger partial charge in [0, 0.05) is 19.6 Å². The molecule has 0 aliphatic carbocycles. The van der Waals surface area contributed by atoms with Gasteiger partial charge >= 0.3 is 6.09 Å². The van der Waals surface area contributed by atoms with Crippen molar-refractivity contribution in [3.05, 3.63) is 48.6 Å². The lowest BCUT2D eigenvalue weighted by molar-refractivity contribution is 0.151. The van der Waals surface area contributed by atoms with Crippen LogP contribution in [0.2, 0.25) is 0 Å². The number of likely N-dealkylation sites (N-methyl/N-ethyl adjacent to an activating group) is 1. The highest BCUT2D eigenvalue weighted by atomic mass is 16.6. The van der Waals surface area contributed by atoms with Crippen molar-refractivity contribution in [2.45, 2.75) is 32.6 Å². The summed E-state index contributed by atoms with van der Waals surface area (Å²) in [6, 6.07) is 5.93. The SMILES string of the molecule is C=CCN(C)CC=CCOc1ccc2c(c1)CCCN2C(=O)OCCCC. The molecule has 0 aromatic heterocycles. The fraction of sp³-hybridized carbons (Fsp3) is 0.500. The van der Waals surface area contributed by atoms with Crippen LogP contribution in [-0.4, -0.2) is 50.9 Å². The van der Waals surface area contributed by atoms with Gasteiger partial charge in [-0.2, -0.15) is 0 Å². The first-order valence-corrected chi connectivity index (χ1v) is 9.80. The van der Waals surface area contributed by atoms with E-state index in [0.29, 0.717) is 19.8 Å². The van der Waals surface area contributed by atoms with Crippen LogP contribution in [0.3, 0.4) is 0 Å². The van der Waals surface area contributed by atoms with E-state index < -0.39 is 0 Å². The van der Waals surface area contributed by atoms with Gasteiger partial charge in [0.2, 0.25) is 0 Å². The second kappa shape index (κ2) is 11.4. The summed E-state index contributed by atoms with van der Waals surface area (Å²) in [5.74, 6) is 0.832. The molecule has 148 valence electrons. The predicted molar refractivity (Wildman–Crippen MR) is 111 cm³/mol. The third kappa shape index (κ3) is 6.75. The average Bonchev–Trinajstić information content (AvgIpc) is 2.67. The number of hydrogen-bond acceptors (Lipinski definition) is 4. The molecule has 0 N–H and O–H groups in total. The van der Waals surface area contributed by atoms with Crippen LogP contribution in [0.4, 0.5) is 10.5 Å². The minimum atomic E-state index is -0.246. The Morgan fingerprint density at radius 3 is 2.96 bits per heavy atom. The quantitative estimate of drug-likeness (QED) is 0.450. The summed E-state index contributed by atoms with van der Waals surface area (Å²) in [5.41, 5.74) is 2.08. The van der Waals surface area contributed by atoms with E-state index in [0.717, 1.165) is 55.8 Å². The standard InChI is InChI=1S/C22H32N2O3/c1-4-6-16-27-22(25)24-15-9-10-19-18-20(11-12-21(19)24)26-17-8-7-14-23(3)13-5-2/h5,7-8,11-12,18H,2,4,6,9-10,13-17H2,1,3H3. The van der Waals surface area contributed by atoms with E-state index in [-0.39, 0.29) is 6.09 Å². The van der Waals surface area contributed by atoms with E-state index in [1.807, 2.05) is 30.4 Å². The third-order valence-corrected chi connectivity index (χ3v) is 4.48. The topological polar surface area (TPSA) is 42.0 Å². The van der Waals surface area contributed by atoms with Gasteiger partial charge in [0.1, 0.15) is 12.4 Å². The maximum Gasteiger partial charge on any atom is 0.414 e. The van der Waals surface area contributed by atoms with Gasteiger partial charge in [-0.1, -0.05) is 31.6 Å². The number of carbonyl (C=O) groups is 1. The molecule has 0 spiro atoms. The number of amides is 1. The van der Waals surface area contributed by atoms with Gasteiger partial charge in [-0.05, 0) is 50.1 Å². The van der Waals surface area contributed by atoms with Crippen molar-refractivity contribution in [3.63, 3.8) is 0 Å². The lowest BCUT2D eigenvalue weighted by Crippen LogP contribution is -2.36. The predicted octanol–water partition coefficient (Wildman–Crippen LogP) is 4.43. The summed E-state index contributed by atoms with van der Waals surface area (Å²) in [7, 11) is 2.05. The lowest BCUT2D eigenvalue weighted by atomic mass is 10.0. The van der Waals surface area contributed by atoms with Crippen molar-refractivity contribution < 1.29 is 14.3 Å². The van der Waals surface area contributed by atoms with E-state index in [1.54, 1.807) is 4.90 Å². The first kappa shape index (κ1) is 21.0. The number of anilines is 1. The normalized spacial score (nSPS) is 13.7. The second-order valence-electron chi connectivity index (χ2n) is 6.81. The van der Waals surface area contributed by atoms with E-state index >= 15 is 0 Å². The number of carbonyl (C=O) groups excluding carboxylic acids is 1. The molecule has 27 heavy (non-hydrogen) atoms. The molecule has 0 saturated heterocycles. The van der Waals surface area contributed by atoms with Crippen molar-refractivity contribution in [3.8, 4) is 5.75 Å². The highest BCUT2D eigenvalue weighted by Crippen LogP contribution is 2.31. The van der Waals surface area contributed by atoms with Crippen LogP contribution in [0.1, 0.15) is 31.7 Å². The Morgan fingerprint density at radius 1 is 1.33 bits per heavy atom. The van der Waals surface area contributed by atoms with Gasteiger partial charge in [0.25, 0.3) is 0 Å². The Bertz CT molecular complexity index is 642. The monoisotopic (exact) mass is 372 g/mol. The summed E-state index contributed by atoms with van der Waals surface area (Å²) in [6.45, 7) is 9.28. The van der Waals surface area contributed by atoms with Gasteiger partial charge in [-0.25, -0.2) is 4.79 Å². The molecule has 1 aliphatic heterocycles. The minimum Gasteiger partial charge on any atom is -0.490 e. The maximum absolute atomic E-state index is 12.3. The Labute approximate surface area is 163 Å². The van der Waals surface area contributed by atoms with Crippen molar-refractivity contribution in [1.82, 2.24) is 4.90 Å². The molecule has 0 radical (unpaired) electrons. The number of ether oxygens (including phenoxy) is 2. The molecule has 0 unspecified atom stereocenters. The van der Waals surface area contributed by atoms with Gasteiger partial charge in [-0.15, -0.1) is 6.58 Å². The van der Waals surface area contributed by atoms with Crippen molar-refractivity contribution >= 4 is 11.8 Å². The first-order valence-electron chi connectivity index (χ1n) is 9.80. The number of aryl methyl sites for hydroxylation is 1. The highest BCUT2D eigenvalue weighted by Gasteiger charge is 2.23. The number of fused-ring (bicyclic) bond motifs is 1. The zero-order valence-electron chi connectivity index (χ0n) is 16.7. The first-order chi connectivity index (χ1) is 13.2. The molecular formula is C22H32N2O3. The van der Waals surface area contributed by atoms with E-state index in [4.69, 9.17) is 9.47 Å². The molecule has 2 rings (SSSR count). The summed E-state index contributed by atoms with van der Waals surface area (Å²) in [4.78, 5) is 16.2. The number of unbranched alkanes of at least 4 members (excludes halogenated alkanes) is 1. The van der Waals surface area contributed by atoms with Crippen LogP contribution < -0.4 is 9.64 Å². The zero-order valence-corrected chi connectivity index (χ0v) is 16.7. The van der Waals surface area contributed by atoms with Crippen molar-refractivity contribution in [2.75, 3.05) is 44.8 Å². The molecule has 0 bridgehead atoms. The van der Waals surface area contributed by atoms with E-state index in [1.165, 1.54) is 0 Å². The van der Waals surface area contributed by atoms with E-state index in [9.17, 15) is 4.79 Å². The van der Waals surface area contributed by atoms with Crippen LogP contribution >= 0.6 is 0 Å². The second-order valence-corrected chi connectivity index (χ2v) is 6.81. The Balaban J connectivity index is 1.89. The van der Waals surface area contributed by atoms with Gasteiger partial charge < -0.3 is 9.47 Å². The molecule has 5 heteroatoms. The van der Waals surface area contributed by atoms with E-state index in [2.05, 4.69) is 31.5 Å². The zero-order chi connectivity index (χ0) is 19.5. The Kier molecular flexibility index (Phi) is 8.92. The fourth-order valence-corrected chi connectivity index (χ4v) is 3.00. The van der Waals surface area contributed by atoms with Crippen molar-refractivity contribution in [1.29, 1.82) is 0 Å². The number of benzene rings is 1. The van der Waals surface area contributed by atoms with Gasteiger partial charge in [0.05, 0.1) is 12.3 Å². The van der Waals surface area contributed by atoms with Crippen LogP contribution in [0.5, 0.6) is 5.75 Å². The van der Waals surface area contributed by atoms with Gasteiger partial charge in [-0.3, -0.25) is 9.80 Å². The average molecular weight is 373 g/mol. The number of hydrogen-bond donors (Lipinski definition) is 0. The van der Waals surface area contributed by atoms with Crippen LogP contribution in [0, 0.1) is 0 Å². The molecule has 1 aromatic rings. The largest absolute Gasteiger partial charge is 0.490 e. The fourth-order valence-electron chi connectivity index (χ4n) is 3.00. The summed E-state index contributed by atoms with van der Waals surface area (Å²) >= 11 is 0. The molecule has 1 aliphatic rings. The molecule has 0 saturated carbocycles. The van der Waals surface area contributed by atoms with Gasteiger partial charge in [0.15, 0.2) is 0 Å². The van der Waals surface area contributed by atoms with Crippen LogP contribution in [0.25, 0.3) is 0 Å². The highest BCUT2D eigenvalue weighted by molar-refractivity contribution is 5.89. The van der Waals surface area contributed by atoms with Crippen LogP contribution in [-0.2, 0) is 11.2 Å². The Hall–Kier alpha value is -2.27. The number of rotatable bonds is 10. The maximum atomic E-state index is 12.3. The summed E-state index contributed by atoms with van der Waals surface area (Å²) in [6.07, 6.45) is 9.57.